The zero-order valence-electron chi connectivity index (χ0n) is 12.1. The molecule has 1 atom stereocenters. The average molecular weight is 259 g/mol. The van der Waals surface area contributed by atoms with Gasteiger partial charge < -0.3 is 4.74 Å². The van der Waals surface area contributed by atoms with Crippen molar-refractivity contribution in [1.82, 2.24) is 0 Å². The molecule has 0 aromatic heterocycles. The highest BCUT2D eigenvalue weighted by Gasteiger charge is 2.18. The number of hydrogen-bond donors (Lipinski definition) is 0. The van der Waals surface area contributed by atoms with Crippen LogP contribution in [-0.4, -0.2) is 12.6 Å². The third-order valence-electron chi connectivity index (χ3n) is 3.01. The van der Waals surface area contributed by atoms with E-state index in [0.29, 0.717) is 6.61 Å². The zero-order chi connectivity index (χ0) is 14.5. The van der Waals surface area contributed by atoms with Gasteiger partial charge >= 0.3 is 5.97 Å². The first-order valence-electron chi connectivity index (χ1n) is 6.54. The van der Waals surface area contributed by atoms with E-state index in [4.69, 9.17) is 10.00 Å². The number of benzene rings is 1. The van der Waals surface area contributed by atoms with E-state index in [1.165, 1.54) is 5.56 Å². The number of carbonyl (C=O) groups excluding carboxylic acids is 1. The molecule has 0 spiro atoms. The molecule has 0 amide bonds. The summed E-state index contributed by atoms with van der Waals surface area (Å²) in [7, 11) is 0. The highest BCUT2D eigenvalue weighted by atomic mass is 16.5. The number of nitrogens with zero attached hydrogens (tertiary/aromatic N) is 1. The molecule has 0 heterocycles. The van der Waals surface area contributed by atoms with Crippen molar-refractivity contribution in [3.63, 3.8) is 0 Å². The van der Waals surface area contributed by atoms with E-state index in [-0.39, 0.29) is 17.8 Å². The van der Waals surface area contributed by atoms with Gasteiger partial charge in [0, 0.05) is 0 Å². The molecule has 0 N–H and O–H groups in total. The van der Waals surface area contributed by atoms with E-state index in [9.17, 15) is 4.79 Å². The molecule has 0 aliphatic heterocycles. The summed E-state index contributed by atoms with van der Waals surface area (Å²) in [5.74, 6) is -0.762. The summed E-state index contributed by atoms with van der Waals surface area (Å²) in [5.41, 5.74) is 2.16. The Balaban J connectivity index is 2.83. The van der Waals surface area contributed by atoms with Gasteiger partial charge in [-0.25, -0.2) is 0 Å². The van der Waals surface area contributed by atoms with Crippen LogP contribution in [0.25, 0.3) is 0 Å². The van der Waals surface area contributed by atoms with Gasteiger partial charge in [-0.1, -0.05) is 45.0 Å². The second kappa shape index (κ2) is 6.38. The molecule has 1 aromatic rings. The van der Waals surface area contributed by atoms with Gasteiger partial charge in [0.1, 0.15) is 0 Å². The fourth-order valence-electron chi connectivity index (χ4n) is 1.84. The van der Waals surface area contributed by atoms with Crippen molar-refractivity contribution < 1.29 is 9.53 Å². The fraction of sp³-hybridized carbons (Fsp3) is 0.500. The van der Waals surface area contributed by atoms with Crippen molar-refractivity contribution in [3.05, 3.63) is 35.4 Å². The maximum atomic E-state index is 11.4. The lowest BCUT2D eigenvalue weighted by atomic mass is 9.85. The van der Waals surface area contributed by atoms with Crippen LogP contribution >= 0.6 is 0 Å². The van der Waals surface area contributed by atoms with Crippen molar-refractivity contribution in [2.75, 3.05) is 6.61 Å². The maximum Gasteiger partial charge on any atom is 0.307 e. The maximum absolute atomic E-state index is 11.4. The Morgan fingerprint density at radius 3 is 2.32 bits per heavy atom. The molecule has 3 nitrogen and oxygen atoms in total. The number of hydrogen-bond acceptors (Lipinski definition) is 3. The summed E-state index contributed by atoms with van der Waals surface area (Å²) in [4.78, 5) is 11.4. The minimum absolute atomic E-state index is 0.0851. The minimum Gasteiger partial charge on any atom is -0.466 e. The summed E-state index contributed by atoms with van der Waals surface area (Å²) in [5, 5.41) is 9.17. The smallest absolute Gasteiger partial charge is 0.307 e. The van der Waals surface area contributed by atoms with Crippen molar-refractivity contribution in [1.29, 1.82) is 5.26 Å². The Morgan fingerprint density at radius 1 is 1.32 bits per heavy atom. The lowest BCUT2D eigenvalue weighted by Gasteiger charge is -2.19. The van der Waals surface area contributed by atoms with E-state index in [0.717, 1.165) is 5.56 Å². The van der Waals surface area contributed by atoms with Gasteiger partial charge in [0.2, 0.25) is 0 Å². The summed E-state index contributed by atoms with van der Waals surface area (Å²) in [6.07, 6.45) is 0.110. The average Bonchev–Trinajstić information content (AvgIpc) is 2.35. The highest BCUT2D eigenvalue weighted by molar-refractivity contribution is 5.71. The van der Waals surface area contributed by atoms with Gasteiger partial charge in [0.25, 0.3) is 0 Å². The SMILES string of the molecule is CCOC(=O)CC(C#N)c1ccc(C(C)(C)C)cc1. The molecule has 1 rings (SSSR count). The molecule has 102 valence electrons. The molecule has 0 fully saturated rings. The number of esters is 1. The highest BCUT2D eigenvalue weighted by Crippen LogP contribution is 2.25. The lowest BCUT2D eigenvalue weighted by molar-refractivity contribution is -0.143. The van der Waals surface area contributed by atoms with Crippen molar-refractivity contribution in [3.8, 4) is 6.07 Å². The van der Waals surface area contributed by atoms with Crippen LogP contribution in [0, 0.1) is 11.3 Å². The first-order chi connectivity index (χ1) is 8.88. The number of rotatable bonds is 4. The molecule has 1 unspecified atom stereocenters. The van der Waals surface area contributed by atoms with Gasteiger partial charge in [0.15, 0.2) is 0 Å². The Kier molecular flexibility index (Phi) is 5.11. The van der Waals surface area contributed by atoms with Gasteiger partial charge in [-0.2, -0.15) is 5.26 Å². The summed E-state index contributed by atoms with van der Waals surface area (Å²) >= 11 is 0. The first kappa shape index (κ1) is 15.2. The summed E-state index contributed by atoms with van der Waals surface area (Å²) in [6.45, 7) is 8.53. The van der Waals surface area contributed by atoms with E-state index >= 15 is 0 Å². The van der Waals surface area contributed by atoms with Gasteiger partial charge in [0.05, 0.1) is 25.0 Å². The third-order valence-corrected chi connectivity index (χ3v) is 3.01. The lowest BCUT2D eigenvalue weighted by Crippen LogP contribution is -2.12. The Hall–Kier alpha value is -1.82. The van der Waals surface area contributed by atoms with Crippen LogP contribution in [0.1, 0.15) is 51.2 Å². The van der Waals surface area contributed by atoms with Crippen LogP contribution in [0.5, 0.6) is 0 Å². The van der Waals surface area contributed by atoms with Gasteiger partial charge in [-0.3, -0.25) is 4.79 Å². The number of ether oxygens (including phenoxy) is 1. The van der Waals surface area contributed by atoms with Crippen LogP contribution in [0.2, 0.25) is 0 Å². The van der Waals surface area contributed by atoms with E-state index < -0.39 is 5.92 Å². The van der Waals surface area contributed by atoms with E-state index in [2.05, 4.69) is 26.8 Å². The van der Waals surface area contributed by atoms with E-state index in [1.54, 1.807) is 6.92 Å². The second-order valence-electron chi connectivity index (χ2n) is 5.56. The molecule has 0 radical (unpaired) electrons. The first-order valence-corrected chi connectivity index (χ1v) is 6.54. The molecule has 3 heteroatoms. The van der Waals surface area contributed by atoms with Crippen molar-refractivity contribution in [2.45, 2.75) is 45.4 Å². The Bertz CT molecular complexity index is 463. The number of carbonyl (C=O) groups is 1. The number of nitriles is 1. The standard InChI is InChI=1S/C16H21NO2/c1-5-19-15(18)10-13(11-17)12-6-8-14(9-7-12)16(2,3)4/h6-9,13H,5,10H2,1-4H3. The summed E-state index contributed by atoms with van der Waals surface area (Å²) in [6, 6.07) is 10.1. The van der Waals surface area contributed by atoms with Crippen LogP contribution in [-0.2, 0) is 14.9 Å². The molecule has 0 aliphatic carbocycles. The Labute approximate surface area is 115 Å². The molecular weight excluding hydrogens is 238 g/mol. The normalized spacial score (nSPS) is 12.6. The van der Waals surface area contributed by atoms with Crippen molar-refractivity contribution in [2.24, 2.45) is 0 Å². The molecular formula is C16H21NO2. The fourth-order valence-corrected chi connectivity index (χ4v) is 1.84. The summed E-state index contributed by atoms with van der Waals surface area (Å²) < 4.78 is 4.88. The quantitative estimate of drug-likeness (QED) is 0.777. The predicted octanol–water partition coefficient (Wildman–Crippen LogP) is 3.54. The molecule has 0 saturated heterocycles. The second-order valence-corrected chi connectivity index (χ2v) is 5.56. The molecule has 1 aromatic carbocycles. The van der Waals surface area contributed by atoms with E-state index in [1.807, 2.05) is 24.3 Å². The predicted molar refractivity (Wildman–Crippen MR) is 74.7 cm³/mol. The topological polar surface area (TPSA) is 50.1 Å². The zero-order valence-corrected chi connectivity index (χ0v) is 12.1. The molecule has 19 heavy (non-hydrogen) atoms. The largest absolute Gasteiger partial charge is 0.466 e. The molecule has 0 bridgehead atoms. The van der Waals surface area contributed by atoms with Gasteiger partial charge in [-0.15, -0.1) is 0 Å². The van der Waals surface area contributed by atoms with Crippen LogP contribution in [0.15, 0.2) is 24.3 Å². The van der Waals surface area contributed by atoms with Crippen molar-refractivity contribution >= 4 is 5.97 Å². The van der Waals surface area contributed by atoms with Crippen LogP contribution in [0.3, 0.4) is 0 Å². The minimum atomic E-state index is -0.437. The monoisotopic (exact) mass is 259 g/mol. The van der Waals surface area contributed by atoms with Crippen LogP contribution in [0.4, 0.5) is 0 Å². The Morgan fingerprint density at radius 2 is 1.89 bits per heavy atom. The van der Waals surface area contributed by atoms with Crippen LogP contribution < -0.4 is 0 Å². The third kappa shape index (κ3) is 4.40. The molecule has 0 saturated carbocycles. The molecule has 0 aliphatic rings. The van der Waals surface area contributed by atoms with Gasteiger partial charge in [-0.05, 0) is 23.5 Å².